The standard InChI is InChI=1S/C16H15NO3/c1-18-14-9-13-11(15(19-2)16(14)20-3)8-10-6-4-5-7-12(10)17-13/h4-9H,1-3H3. The SMILES string of the molecule is COc1cc2nc3ccccc3cc2c(OC)c1OC. The predicted molar refractivity (Wildman–Crippen MR) is 78.9 cm³/mol. The summed E-state index contributed by atoms with van der Waals surface area (Å²) in [4.78, 5) is 4.65. The van der Waals surface area contributed by atoms with Crippen molar-refractivity contribution in [3.05, 3.63) is 36.4 Å². The van der Waals surface area contributed by atoms with E-state index in [1.54, 1.807) is 21.3 Å². The average Bonchev–Trinajstić information content (AvgIpc) is 2.50. The quantitative estimate of drug-likeness (QED) is 0.683. The van der Waals surface area contributed by atoms with Crippen molar-refractivity contribution >= 4 is 21.8 Å². The molecule has 0 aliphatic carbocycles. The second kappa shape index (κ2) is 4.89. The number of aromatic nitrogens is 1. The molecule has 20 heavy (non-hydrogen) atoms. The largest absolute Gasteiger partial charge is 0.493 e. The lowest BCUT2D eigenvalue weighted by molar-refractivity contribution is 0.327. The minimum atomic E-state index is 0.583. The van der Waals surface area contributed by atoms with Crippen molar-refractivity contribution < 1.29 is 14.2 Å². The predicted octanol–water partition coefficient (Wildman–Crippen LogP) is 3.41. The molecule has 0 radical (unpaired) electrons. The number of rotatable bonds is 3. The Hall–Kier alpha value is -2.49. The smallest absolute Gasteiger partial charge is 0.204 e. The molecule has 0 saturated heterocycles. The summed E-state index contributed by atoms with van der Waals surface area (Å²) < 4.78 is 16.3. The number of fused-ring (bicyclic) bond motifs is 2. The highest BCUT2D eigenvalue weighted by Crippen LogP contribution is 2.43. The Balaban J connectivity index is 2.44. The van der Waals surface area contributed by atoms with Crippen LogP contribution in [0.3, 0.4) is 0 Å². The molecular formula is C16H15NO3. The summed E-state index contributed by atoms with van der Waals surface area (Å²) in [6.07, 6.45) is 0. The normalized spacial score (nSPS) is 10.8. The molecule has 0 aliphatic heterocycles. The van der Waals surface area contributed by atoms with Crippen molar-refractivity contribution in [2.24, 2.45) is 0 Å². The average molecular weight is 269 g/mol. The molecular weight excluding hydrogens is 254 g/mol. The fraction of sp³-hybridized carbons (Fsp3) is 0.188. The first kappa shape index (κ1) is 12.5. The maximum atomic E-state index is 5.50. The highest BCUT2D eigenvalue weighted by molar-refractivity contribution is 5.98. The molecule has 4 nitrogen and oxygen atoms in total. The number of methoxy groups -OCH3 is 3. The number of hydrogen-bond acceptors (Lipinski definition) is 4. The molecule has 4 heteroatoms. The number of benzene rings is 2. The van der Waals surface area contributed by atoms with Gasteiger partial charge in [0.15, 0.2) is 11.5 Å². The Morgan fingerprint density at radius 1 is 0.800 bits per heavy atom. The second-order valence-electron chi connectivity index (χ2n) is 4.39. The van der Waals surface area contributed by atoms with Gasteiger partial charge in [-0.1, -0.05) is 18.2 Å². The van der Waals surface area contributed by atoms with E-state index in [2.05, 4.69) is 11.1 Å². The molecule has 0 atom stereocenters. The van der Waals surface area contributed by atoms with Crippen molar-refractivity contribution in [2.75, 3.05) is 21.3 Å². The van der Waals surface area contributed by atoms with Crippen LogP contribution in [0.2, 0.25) is 0 Å². The van der Waals surface area contributed by atoms with E-state index < -0.39 is 0 Å². The van der Waals surface area contributed by atoms with E-state index in [9.17, 15) is 0 Å². The summed E-state index contributed by atoms with van der Waals surface area (Å²) in [5.74, 6) is 1.83. The molecule has 0 unspecified atom stereocenters. The molecule has 0 amide bonds. The van der Waals surface area contributed by atoms with Crippen LogP contribution in [0.1, 0.15) is 0 Å². The van der Waals surface area contributed by atoms with Gasteiger partial charge in [0, 0.05) is 16.8 Å². The minimum Gasteiger partial charge on any atom is -0.493 e. The number of para-hydroxylation sites is 1. The summed E-state index contributed by atoms with van der Waals surface area (Å²) in [5, 5.41) is 1.97. The fourth-order valence-electron chi connectivity index (χ4n) is 2.39. The van der Waals surface area contributed by atoms with Gasteiger partial charge in [-0.2, -0.15) is 0 Å². The monoisotopic (exact) mass is 269 g/mol. The maximum Gasteiger partial charge on any atom is 0.204 e. The first-order valence-electron chi connectivity index (χ1n) is 6.27. The molecule has 0 N–H and O–H groups in total. The van der Waals surface area contributed by atoms with Gasteiger partial charge < -0.3 is 14.2 Å². The van der Waals surface area contributed by atoms with E-state index in [1.807, 2.05) is 30.3 Å². The van der Waals surface area contributed by atoms with Gasteiger partial charge in [0.25, 0.3) is 0 Å². The van der Waals surface area contributed by atoms with Crippen molar-refractivity contribution in [1.82, 2.24) is 4.98 Å². The fourth-order valence-corrected chi connectivity index (χ4v) is 2.39. The van der Waals surface area contributed by atoms with Gasteiger partial charge in [-0.15, -0.1) is 0 Å². The molecule has 0 bridgehead atoms. The first-order chi connectivity index (χ1) is 9.78. The van der Waals surface area contributed by atoms with Crippen molar-refractivity contribution in [3.63, 3.8) is 0 Å². The van der Waals surface area contributed by atoms with Crippen LogP contribution in [0.15, 0.2) is 36.4 Å². The molecule has 1 heterocycles. The lowest BCUT2D eigenvalue weighted by Crippen LogP contribution is -1.97. The van der Waals surface area contributed by atoms with Crippen LogP contribution < -0.4 is 14.2 Å². The van der Waals surface area contributed by atoms with Crippen LogP contribution in [-0.4, -0.2) is 26.3 Å². The Labute approximate surface area is 116 Å². The summed E-state index contributed by atoms with van der Waals surface area (Å²) in [6.45, 7) is 0. The zero-order chi connectivity index (χ0) is 14.1. The van der Waals surface area contributed by atoms with E-state index in [4.69, 9.17) is 14.2 Å². The van der Waals surface area contributed by atoms with Crippen molar-refractivity contribution in [1.29, 1.82) is 0 Å². The summed E-state index contributed by atoms with van der Waals surface area (Å²) >= 11 is 0. The van der Waals surface area contributed by atoms with E-state index >= 15 is 0 Å². The Bertz CT molecular complexity index is 783. The van der Waals surface area contributed by atoms with Crippen molar-refractivity contribution in [2.45, 2.75) is 0 Å². The minimum absolute atomic E-state index is 0.583. The van der Waals surface area contributed by atoms with Crippen LogP contribution in [0, 0.1) is 0 Å². The lowest BCUT2D eigenvalue weighted by Gasteiger charge is -2.14. The van der Waals surface area contributed by atoms with Gasteiger partial charge in [-0.05, 0) is 12.1 Å². The molecule has 102 valence electrons. The molecule has 1 aromatic heterocycles. The number of hydrogen-bond donors (Lipinski definition) is 0. The molecule has 0 aliphatic rings. The molecule has 0 fully saturated rings. The van der Waals surface area contributed by atoms with Crippen LogP contribution in [0.25, 0.3) is 21.8 Å². The van der Waals surface area contributed by atoms with E-state index in [-0.39, 0.29) is 0 Å². The van der Waals surface area contributed by atoms with E-state index in [1.165, 1.54) is 0 Å². The highest BCUT2D eigenvalue weighted by atomic mass is 16.5. The molecule has 0 saturated carbocycles. The summed E-state index contributed by atoms with van der Waals surface area (Å²) in [6, 6.07) is 11.9. The molecule has 3 aromatic rings. The third kappa shape index (κ3) is 1.81. The van der Waals surface area contributed by atoms with Gasteiger partial charge in [0.05, 0.1) is 32.4 Å². The molecule has 0 spiro atoms. The van der Waals surface area contributed by atoms with E-state index in [0.717, 1.165) is 21.8 Å². The topological polar surface area (TPSA) is 40.6 Å². The van der Waals surface area contributed by atoms with Gasteiger partial charge in [-0.3, -0.25) is 0 Å². The number of nitrogens with zero attached hydrogens (tertiary/aromatic N) is 1. The second-order valence-corrected chi connectivity index (χ2v) is 4.39. The van der Waals surface area contributed by atoms with Crippen LogP contribution in [0.4, 0.5) is 0 Å². The van der Waals surface area contributed by atoms with Gasteiger partial charge in [0.1, 0.15) is 0 Å². The third-order valence-electron chi connectivity index (χ3n) is 3.32. The van der Waals surface area contributed by atoms with E-state index in [0.29, 0.717) is 17.2 Å². The Kier molecular flexibility index (Phi) is 3.06. The zero-order valence-corrected chi connectivity index (χ0v) is 11.6. The third-order valence-corrected chi connectivity index (χ3v) is 3.32. The van der Waals surface area contributed by atoms with Crippen LogP contribution >= 0.6 is 0 Å². The number of pyridine rings is 1. The van der Waals surface area contributed by atoms with Gasteiger partial charge >= 0.3 is 0 Å². The van der Waals surface area contributed by atoms with Gasteiger partial charge in [0.2, 0.25) is 5.75 Å². The Morgan fingerprint density at radius 3 is 2.25 bits per heavy atom. The van der Waals surface area contributed by atoms with Crippen LogP contribution in [0.5, 0.6) is 17.2 Å². The lowest BCUT2D eigenvalue weighted by atomic mass is 10.1. The summed E-state index contributed by atoms with van der Waals surface area (Å²) in [5.41, 5.74) is 1.76. The maximum absolute atomic E-state index is 5.50. The van der Waals surface area contributed by atoms with Crippen molar-refractivity contribution in [3.8, 4) is 17.2 Å². The highest BCUT2D eigenvalue weighted by Gasteiger charge is 2.17. The zero-order valence-electron chi connectivity index (χ0n) is 11.6. The summed E-state index contributed by atoms with van der Waals surface area (Å²) in [7, 11) is 4.82. The first-order valence-corrected chi connectivity index (χ1v) is 6.27. The Morgan fingerprint density at radius 2 is 1.55 bits per heavy atom. The van der Waals surface area contributed by atoms with Gasteiger partial charge in [-0.25, -0.2) is 4.98 Å². The molecule has 3 rings (SSSR count). The van der Waals surface area contributed by atoms with Crippen LogP contribution in [-0.2, 0) is 0 Å². The number of ether oxygens (including phenoxy) is 3. The molecule has 2 aromatic carbocycles.